The molecule has 29 heavy (non-hydrogen) atoms. The van der Waals surface area contributed by atoms with Gasteiger partial charge in [-0.3, -0.25) is 0 Å². The summed E-state index contributed by atoms with van der Waals surface area (Å²) in [6.07, 6.45) is 1.64. The summed E-state index contributed by atoms with van der Waals surface area (Å²) in [4.78, 5) is 15.6. The topological polar surface area (TPSA) is 35.5 Å². The standard InChI is InChI=1S/C23H26FN5/c1-2-27(17-19-8-4-3-5-9-19)22-16-23(26-18-25-22)29-14-12-28(13-15-29)21-11-7-6-10-20(21)24/h3-11,16,18H,2,12-15,17H2,1H3. The molecule has 0 bridgehead atoms. The molecule has 0 radical (unpaired) electrons. The molecule has 0 unspecified atom stereocenters. The first-order valence-corrected chi connectivity index (χ1v) is 10.1. The second-order valence-corrected chi connectivity index (χ2v) is 7.16. The van der Waals surface area contributed by atoms with Crippen LogP contribution in [0.5, 0.6) is 0 Å². The van der Waals surface area contributed by atoms with Gasteiger partial charge in [0.15, 0.2) is 0 Å². The summed E-state index contributed by atoms with van der Waals surface area (Å²) in [5, 5.41) is 0. The van der Waals surface area contributed by atoms with Crippen molar-refractivity contribution in [2.45, 2.75) is 13.5 Å². The molecular weight excluding hydrogens is 365 g/mol. The molecule has 6 heteroatoms. The van der Waals surface area contributed by atoms with Crippen molar-refractivity contribution in [3.63, 3.8) is 0 Å². The fraction of sp³-hybridized carbons (Fsp3) is 0.304. The fourth-order valence-corrected chi connectivity index (χ4v) is 3.73. The minimum atomic E-state index is -0.162. The normalized spacial score (nSPS) is 14.1. The molecule has 150 valence electrons. The van der Waals surface area contributed by atoms with Crippen LogP contribution in [0.2, 0.25) is 0 Å². The molecule has 0 amide bonds. The van der Waals surface area contributed by atoms with E-state index in [4.69, 9.17) is 0 Å². The van der Waals surface area contributed by atoms with E-state index in [-0.39, 0.29) is 5.82 Å². The molecule has 1 aliphatic heterocycles. The van der Waals surface area contributed by atoms with E-state index in [1.165, 1.54) is 11.6 Å². The lowest BCUT2D eigenvalue weighted by atomic mass is 10.2. The van der Waals surface area contributed by atoms with Gasteiger partial charge in [-0.05, 0) is 24.6 Å². The van der Waals surface area contributed by atoms with Crippen molar-refractivity contribution in [1.29, 1.82) is 0 Å². The summed E-state index contributed by atoms with van der Waals surface area (Å²) in [5.41, 5.74) is 1.93. The molecule has 1 aromatic heterocycles. The van der Waals surface area contributed by atoms with E-state index in [2.05, 4.69) is 61.9 Å². The largest absolute Gasteiger partial charge is 0.366 e. The minimum absolute atomic E-state index is 0.162. The van der Waals surface area contributed by atoms with Gasteiger partial charge in [-0.1, -0.05) is 42.5 Å². The van der Waals surface area contributed by atoms with Gasteiger partial charge in [0.2, 0.25) is 0 Å². The zero-order chi connectivity index (χ0) is 20.1. The Hall–Kier alpha value is -3.15. The number of halogens is 1. The molecule has 0 spiro atoms. The van der Waals surface area contributed by atoms with E-state index in [0.717, 1.165) is 50.9 Å². The molecule has 3 aromatic rings. The fourth-order valence-electron chi connectivity index (χ4n) is 3.73. The third-order valence-electron chi connectivity index (χ3n) is 5.36. The smallest absolute Gasteiger partial charge is 0.146 e. The first-order chi connectivity index (χ1) is 14.2. The Bertz CT molecular complexity index is 925. The molecule has 0 aliphatic carbocycles. The highest BCUT2D eigenvalue weighted by Gasteiger charge is 2.21. The monoisotopic (exact) mass is 391 g/mol. The number of rotatable bonds is 6. The zero-order valence-electron chi connectivity index (χ0n) is 16.7. The summed E-state index contributed by atoms with van der Waals surface area (Å²) in [7, 11) is 0. The Morgan fingerprint density at radius 2 is 1.59 bits per heavy atom. The Labute approximate surface area is 171 Å². The maximum Gasteiger partial charge on any atom is 0.146 e. The van der Waals surface area contributed by atoms with Gasteiger partial charge < -0.3 is 14.7 Å². The van der Waals surface area contributed by atoms with Gasteiger partial charge >= 0.3 is 0 Å². The molecule has 0 N–H and O–H groups in total. The van der Waals surface area contributed by atoms with E-state index in [1.54, 1.807) is 12.4 Å². The van der Waals surface area contributed by atoms with E-state index >= 15 is 0 Å². The first kappa shape index (κ1) is 19.2. The lowest BCUT2D eigenvalue weighted by molar-refractivity contribution is 0.596. The Morgan fingerprint density at radius 1 is 0.897 bits per heavy atom. The zero-order valence-corrected chi connectivity index (χ0v) is 16.7. The number of anilines is 3. The van der Waals surface area contributed by atoms with Gasteiger partial charge in [0.05, 0.1) is 5.69 Å². The number of piperazine rings is 1. The summed E-state index contributed by atoms with van der Waals surface area (Å²) >= 11 is 0. The number of benzene rings is 2. The molecule has 1 aliphatic rings. The van der Waals surface area contributed by atoms with Crippen molar-refractivity contribution in [3.8, 4) is 0 Å². The predicted octanol–water partition coefficient (Wildman–Crippen LogP) is 3.97. The minimum Gasteiger partial charge on any atom is -0.366 e. The van der Waals surface area contributed by atoms with Crippen LogP contribution >= 0.6 is 0 Å². The molecule has 5 nitrogen and oxygen atoms in total. The van der Waals surface area contributed by atoms with Gasteiger partial charge in [0, 0.05) is 45.3 Å². The van der Waals surface area contributed by atoms with Gasteiger partial charge in [0.25, 0.3) is 0 Å². The molecule has 4 rings (SSSR count). The Kier molecular flexibility index (Phi) is 5.89. The molecule has 0 saturated carbocycles. The highest BCUT2D eigenvalue weighted by molar-refractivity contribution is 5.53. The number of hydrogen-bond donors (Lipinski definition) is 0. The highest BCUT2D eigenvalue weighted by atomic mass is 19.1. The molecule has 2 aromatic carbocycles. The number of hydrogen-bond acceptors (Lipinski definition) is 5. The third-order valence-corrected chi connectivity index (χ3v) is 5.36. The SMILES string of the molecule is CCN(Cc1ccccc1)c1cc(N2CCN(c3ccccc3F)CC2)ncn1. The van der Waals surface area contributed by atoms with Crippen molar-refractivity contribution < 1.29 is 4.39 Å². The average Bonchev–Trinajstić information content (AvgIpc) is 2.79. The van der Waals surface area contributed by atoms with E-state index in [1.807, 2.05) is 18.2 Å². The maximum absolute atomic E-state index is 14.1. The van der Waals surface area contributed by atoms with E-state index in [9.17, 15) is 4.39 Å². The number of aromatic nitrogens is 2. The van der Waals surface area contributed by atoms with Gasteiger partial charge in [-0.15, -0.1) is 0 Å². The van der Waals surface area contributed by atoms with E-state index in [0.29, 0.717) is 5.69 Å². The molecule has 1 saturated heterocycles. The van der Waals surface area contributed by atoms with Crippen molar-refractivity contribution in [2.75, 3.05) is 47.4 Å². The maximum atomic E-state index is 14.1. The van der Waals surface area contributed by atoms with Crippen molar-refractivity contribution in [3.05, 3.63) is 78.4 Å². The molecule has 2 heterocycles. The molecule has 0 atom stereocenters. The van der Waals surface area contributed by atoms with Crippen LogP contribution < -0.4 is 14.7 Å². The number of nitrogens with zero attached hydrogens (tertiary/aromatic N) is 5. The second-order valence-electron chi connectivity index (χ2n) is 7.16. The Balaban J connectivity index is 1.44. The lowest BCUT2D eigenvalue weighted by Gasteiger charge is -2.37. The van der Waals surface area contributed by atoms with Gasteiger partial charge in [-0.25, -0.2) is 14.4 Å². The third kappa shape index (κ3) is 4.47. The predicted molar refractivity (Wildman–Crippen MR) is 116 cm³/mol. The summed E-state index contributed by atoms with van der Waals surface area (Å²) in [5.74, 6) is 1.69. The van der Waals surface area contributed by atoms with Gasteiger partial charge in [-0.2, -0.15) is 0 Å². The van der Waals surface area contributed by atoms with Crippen molar-refractivity contribution in [1.82, 2.24) is 9.97 Å². The summed E-state index contributed by atoms with van der Waals surface area (Å²) in [6, 6.07) is 19.4. The first-order valence-electron chi connectivity index (χ1n) is 10.1. The van der Waals surface area contributed by atoms with Crippen LogP contribution in [0, 0.1) is 5.82 Å². The summed E-state index contributed by atoms with van der Waals surface area (Å²) < 4.78 is 14.1. The second kappa shape index (κ2) is 8.90. The molecular formula is C23H26FN5. The quantitative estimate of drug-likeness (QED) is 0.635. The van der Waals surface area contributed by atoms with Crippen LogP contribution in [0.15, 0.2) is 67.0 Å². The van der Waals surface area contributed by atoms with Crippen molar-refractivity contribution >= 4 is 17.3 Å². The van der Waals surface area contributed by atoms with Crippen LogP contribution in [0.4, 0.5) is 21.7 Å². The van der Waals surface area contributed by atoms with Crippen molar-refractivity contribution in [2.24, 2.45) is 0 Å². The van der Waals surface area contributed by atoms with Crippen LogP contribution in [0.1, 0.15) is 12.5 Å². The van der Waals surface area contributed by atoms with E-state index < -0.39 is 0 Å². The van der Waals surface area contributed by atoms with Gasteiger partial charge in [0.1, 0.15) is 23.8 Å². The van der Waals surface area contributed by atoms with Crippen LogP contribution in [0.25, 0.3) is 0 Å². The number of para-hydroxylation sites is 1. The summed E-state index contributed by atoms with van der Waals surface area (Å²) in [6.45, 7) is 6.95. The van der Waals surface area contributed by atoms with Crippen LogP contribution in [0.3, 0.4) is 0 Å². The Morgan fingerprint density at radius 3 is 2.31 bits per heavy atom. The highest BCUT2D eigenvalue weighted by Crippen LogP contribution is 2.24. The molecule has 1 fully saturated rings. The lowest BCUT2D eigenvalue weighted by Crippen LogP contribution is -2.47. The van der Waals surface area contributed by atoms with Crippen LogP contribution in [-0.2, 0) is 6.54 Å². The average molecular weight is 391 g/mol. The van der Waals surface area contributed by atoms with Crippen LogP contribution in [-0.4, -0.2) is 42.7 Å².